The van der Waals surface area contributed by atoms with Crippen LogP contribution in [0.5, 0.6) is 0 Å². The second kappa shape index (κ2) is 6.07. The molecule has 0 aromatic carbocycles. The molecule has 0 aliphatic heterocycles. The van der Waals surface area contributed by atoms with E-state index < -0.39 is 0 Å². The van der Waals surface area contributed by atoms with Gasteiger partial charge in [-0.15, -0.1) is 0 Å². The van der Waals surface area contributed by atoms with Crippen LogP contribution < -0.4 is 5.32 Å². The topological polar surface area (TPSA) is 47.0 Å². The monoisotopic (exact) mass is 237 g/mol. The lowest BCUT2D eigenvalue weighted by Crippen LogP contribution is -2.41. The van der Waals surface area contributed by atoms with E-state index in [1.807, 2.05) is 12.4 Å². The fraction of sp³-hybridized carbons (Fsp3) is 0.692. The number of methoxy groups -OCH3 is 1. The summed E-state index contributed by atoms with van der Waals surface area (Å²) in [4.78, 5) is 8.16. The third-order valence-corrected chi connectivity index (χ3v) is 2.77. The van der Waals surface area contributed by atoms with E-state index in [9.17, 15) is 0 Å². The number of aromatic nitrogens is 2. The van der Waals surface area contributed by atoms with Gasteiger partial charge in [0.25, 0.3) is 0 Å². The van der Waals surface area contributed by atoms with Crippen molar-refractivity contribution < 1.29 is 4.74 Å². The summed E-state index contributed by atoms with van der Waals surface area (Å²) in [6.45, 7) is 9.50. The minimum atomic E-state index is 0.0530. The molecular weight excluding hydrogens is 214 g/mol. The summed E-state index contributed by atoms with van der Waals surface area (Å²) in [5, 5.41) is 3.45. The summed E-state index contributed by atoms with van der Waals surface area (Å²) in [6.07, 6.45) is 5.31. The molecule has 0 saturated carbocycles. The van der Waals surface area contributed by atoms with E-state index in [0.717, 1.165) is 12.1 Å². The molecule has 0 radical (unpaired) electrons. The molecule has 17 heavy (non-hydrogen) atoms. The van der Waals surface area contributed by atoms with E-state index in [1.165, 1.54) is 0 Å². The molecule has 2 unspecified atom stereocenters. The summed E-state index contributed by atoms with van der Waals surface area (Å²) < 4.78 is 5.67. The largest absolute Gasteiger partial charge is 0.379 e. The molecule has 0 aliphatic carbocycles. The number of hydrogen-bond donors (Lipinski definition) is 1. The van der Waals surface area contributed by atoms with Crippen LogP contribution >= 0.6 is 0 Å². The van der Waals surface area contributed by atoms with Crippen molar-refractivity contribution in [3.05, 3.63) is 24.3 Å². The highest BCUT2D eigenvalue weighted by molar-refractivity contribution is 5.12. The lowest BCUT2D eigenvalue weighted by Gasteiger charge is -2.36. The Labute approximate surface area is 104 Å². The molecule has 1 aromatic rings. The van der Waals surface area contributed by atoms with Crippen LogP contribution in [-0.4, -0.2) is 29.7 Å². The summed E-state index contributed by atoms with van der Waals surface area (Å²) in [5.41, 5.74) is 1.12. The molecule has 96 valence electrons. The molecule has 4 nitrogen and oxygen atoms in total. The molecule has 0 spiro atoms. The molecule has 0 saturated heterocycles. The number of hydrogen-bond acceptors (Lipinski definition) is 4. The zero-order chi connectivity index (χ0) is 12.9. The van der Waals surface area contributed by atoms with Gasteiger partial charge in [-0.3, -0.25) is 0 Å². The Morgan fingerprint density at radius 2 is 1.88 bits per heavy atom. The van der Waals surface area contributed by atoms with Gasteiger partial charge in [-0.05, 0) is 12.0 Å². The van der Waals surface area contributed by atoms with Crippen molar-refractivity contribution in [2.24, 2.45) is 5.41 Å². The first kappa shape index (κ1) is 14.1. The second-order valence-electron chi connectivity index (χ2n) is 5.23. The third kappa shape index (κ3) is 3.75. The van der Waals surface area contributed by atoms with Crippen molar-refractivity contribution in [3.8, 4) is 0 Å². The van der Waals surface area contributed by atoms with Crippen molar-refractivity contribution in [3.63, 3.8) is 0 Å². The first-order valence-corrected chi connectivity index (χ1v) is 6.01. The fourth-order valence-electron chi connectivity index (χ4n) is 2.08. The van der Waals surface area contributed by atoms with Crippen molar-refractivity contribution in [1.82, 2.24) is 15.3 Å². The van der Waals surface area contributed by atoms with Crippen LogP contribution in [0.2, 0.25) is 0 Å². The summed E-state index contributed by atoms with van der Waals surface area (Å²) in [5.74, 6) is 0. The maximum Gasteiger partial charge on any atom is 0.115 e. The van der Waals surface area contributed by atoms with Gasteiger partial charge in [-0.2, -0.15) is 0 Å². The second-order valence-corrected chi connectivity index (χ2v) is 5.23. The van der Waals surface area contributed by atoms with Crippen molar-refractivity contribution >= 4 is 0 Å². The van der Waals surface area contributed by atoms with E-state index in [0.29, 0.717) is 0 Å². The Hall–Kier alpha value is -1.00. The Morgan fingerprint density at radius 1 is 1.29 bits per heavy atom. The lowest BCUT2D eigenvalue weighted by atomic mass is 9.82. The quantitative estimate of drug-likeness (QED) is 0.852. The maximum atomic E-state index is 5.67. The summed E-state index contributed by atoms with van der Waals surface area (Å²) in [6, 6.07) is 0.117. The zero-order valence-electron chi connectivity index (χ0n) is 11.4. The number of nitrogens with one attached hydrogen (secondary N) is 1. The number of likely N-dealkylation sites (N-methyl/N-ethyl adjacent to an activating group) is 1. The van der Waals surface area contributed by atoms with Crippen molar-refractivity contribution in [2.75, 3.05) is 13.7 Å². The number of nitrogens with zero attached hydrogens (tertiary/aromatic N) is 2. The fourth-order valence-corrected chi connectivity index (χ4v) is 2.08. The smallest absolute Gasteiger partial charge is 0.115 e. The standard InChI is InChI=1S/C13H23N3O/c1-6-16-11(10-7-14-9-15-8-10)12(17-5)13(2,3)4/h7-9,11-12,16H,6H2,1-5H3. The minimum absolute atomic E-state index is 0.0530. The predicted octanol–water partition coefficient (Wildman–Crippen LogP) is 2.19. The Morgan fingerprint density at radius 3 is 2.29 bits per heavy atom. The molecule has 1 aromatic heterocycles. The first-order valence-electron chi connectivity index (χ1n) is 6.01. The van der Waals surface area contributed by atoms with Gasteiger partial charge in [0.15, 0.2) is 0 Å². The molecule has 0 fully saturated rings. The molecule has 1 N–H and O–H groups in total. The SMILES string of the molecule is CCNC(c1cncnc1)C(OC)C(C)(C)C. The molecule has 0 amide bonds. The van der Waals surface area contributed by atoms with Crippen LogP contribution in [0.3, 0.4) is 0 Å². The van der Waals surface area contributed by atoms with Gasteiger partial charge in [0.1, 0.15) is 6.33 Å². The molecular formula is C13H23N3O. The number of rotatable bonds is 5. The van der Waals surface area contributed by atoms with Gasteiger partial charge in [-0.1, -0.05) is 27.7 Å². The number of ether oxygens (including phenoxy) is 1. The lowest BCUT2D eigenvalue weighted by molar-refractivity contribution is -0.0117. The normalized spacial score (nSPS) is 15.6. The summed E-state index contributed by atoms with van der Waals surface area (Å²) >= 11 is 0. The van der Waals surface area contributed by atoms with Crippen LogP contribution in [0.1, 0.15) is 39.3 Å². The highest BCUT2D eigenvalue weighted by Gasteiger charge is 2.33. The van der Waals surface area contributed by atoms with Crippen LogP contribution in [0.25, 0.3) is 0 Å². The van der Waals surface area contributed by atoms with Crippen LogP contribution in [0.4, 0.5) is 0 Å². The molecule has 4 heteroatoms. The van der Waals surface area contributed by atoms with Crippen LogP contribution in [0.15, 0.2) is 18.7 Å². The molecule has 1 heterocycles. The van der Waals surface area contributed by atoms with Gasteiger partial charge >= 0.3 is 0 Å². The third-order valence-electron chi connectivity index (χ3n) is 2.77. The van der Waals surface area contributed by atoms with Crippen molar-refractivity contribution in [2.45, 2.75) is 39.8 Å². The molecule has 1 rings (SSSR count). The average Bonchev–Trinajstić information content (AvgIpc) is 2.28. The van der Waals surface area contributed by atoms with E-state index >= 15 is 0 Å². The highest BCUT2D eigenvalue weighted by Crippen LogP contribution is 2.31. The van der Waals surface area contributed by atoms with E-state index in [2.05, 4.69) is 43.0 Å². The van der Waals surface area contributed by atoms with Gasteiger partial charge in [0.2, 0.25) is 0 Å². The van der Waals surface area contributed by atoms with Crippen LogP contribution in [0, 0.1) is 5.41 Å². The van der Waals surface area contributed by atoms with E-state index in [-0.39, 0.29) is 17.6 Å². The first-order chi connectivity index (χ1) is 8.00. The van der Waals surface area contributed by atoms with Gasteiger partial charge in [-0.25, -0.2) is 9.97 Å². The molecule has 0 bridgehead atoms. The Kier molecular flexibility index (Phi) is 5.02. The highest BCUT2D eigenvalue weighted by atomic mass is 16.5. The van der Waals surface area contributed by atoms with Gasteiger partial charge < -0.3 is 10.1 Å². The molecule has 2 atom stereocenters. The Bertz CT molecular complexity index is 321. The maximum absolute atomic E-state index is 5.67. The van der Waals surface area contributed by atoms with Crippen molar-refractivity contribution in [1.29, 1.82) is 0 Å². The van der Waals surface area contributed by atoms with Crippen LogP contribution in [-0.2, 0) is 4.74 Å². The van der Waals surface area contributed by atoms with E-state index in [1.54, 1.807) is 13.4 Å². The van der Waals surface area contributed by atoms with Gasteiger partial charge in [0, 0.05) is 25.1 Å². The Balaban J connectivity index is 2.99. The summed E-state index contributed by atoms with van der Waals surface area (Å²) in [7, 11) is 1.75. The zero-order valence-corrected chi connectivity index (χ0v) is 11.4. The average molecular weight is 237 g/mol. The van der Waals surface area contributed by atoms with Gasteiger partial charge in [0.05, 0.1) is 12.1 Å². The van der Waals surface area contributed by atoms with E-state index in [4.69, 9.17) is 4.74 Å². The molecule has 0 aliphatic rings. The predicted molar refractivity (Wildman–Crippen MR) is 68.7 cm³/mol. The minimum Gasteiger partial charge on any atom is -0.379 e.